The fraction of sp³-hybridized carbons (Fsp3) is 0.286. The van der Waals surface area contributed by atoms with E-state index in [0.717, 1.165) is 4.88 Å². The first-order valence-corrected chi connectivity index (χ1v) is 7.03. The molecule has 0 bridgehead atoms. The van der Waals surface area contributed by atoms with Crippen molar-refractivity contribution in [3.63, 3.8) is 0 Å². The van der Waals surface area contributed by atoms with Crippen LogP contribution >= 0.6 is 11.3 Å². The number of hydrogen-bond donors (Lipinski definition) is 1. The second-order valence-electron chi connectivity index (χ2n) is 4.23. The summed E-state index contributed by atoms with van der Waals surface area (Å²) in [7, 11) is 2.93. The maximum Gasteiger partial charge on any atom is 0.341 e. The highest BCUT2D eigenvalue weighted by Crippen LogP contribution is 2.24. The third-order valence-electron chi connectivity index (χ3n) is 3.04. The van der Waals surface area contributed by atoms with Gasteiger partial charge in [-0.3, -0.25) is 4.79 Å². The Hall–Kier alpha value is -1.96. The molecule has 0 fully saturated rings. The number of rotatable bonds is 6. The number of aromatic carboxylic acids is 1. The first-order chi connectivity index (χ1) is 10.1. The molecule has 0 saturated carbocycles. The average molecular weight is 309 g/mol. The van der Waals surface area contributed by atoms with Crippen molar-refractivity contribution in [2.24, 2.45) is 0 Å². The van der Waals surface area contributed by atoms with Gasteiger partial charge in [-0.15, -0.1) is 11.3 Å². The smallest absolute Gasteiger partial charge is 0.341 e. The van der Waals surface area contributed by atoms with Gasteiger partial charge >= 0.3 is 5.97 Å². The second kappa shape index (κ2) is 6.66. The van der Waals surface area contributed by atoms with Crippen molar-refractivity contribution in [1.29, 1.82) is 0 Å². The van der Waals surface area contributed by atoms with Crippen LogP contribution in [0.1, 0.15) is 10.4 Å². The highest BCUT2D eigenvalue weighted by atomic mass is 32.1. The number of carbonyl (C=O) groups is 1. The summed E-state index contributed by atoms with van der Waals surface area (Å²) >= 11 is 1.47. The maximum atomic E-state index is 12.4. The molecule has 0 spiro atoms. The molecule has 0 amide bonds. The van der Waals surface area contributed by atoms with Crippen molar-refractivity contribution in [3.8, 4) is 10.6 Å². The summed E-state index contributed by atoms with van der Waals surface area (Å²) in [6.07, 6.45) is -0.634. The number of nitrogens with zero attached hydrogens (tertiary/aromatic N) is 1. The van der Waals surface area contributed by atoms with Crippen LogP contribution in [0.2, 0.25) is 0 Å². The van der Waals surface area contributed by atoms with Gasteiger partial charge in [0, 0.05) is 14.2 Å². The van der Waals surface area contributed by atoms with Gasteiger partial charge in [-0.25, -0.2) is 4.79 Å². The standard InChI is InChI=1S/C14H15NO5S/c1-19-12(20-2)8-15-10(11-4-3-7-21-11)6-5-9(13(15)16)14(17)18/h3-7,12H,8H2,1-2H3,(H,17,18). The van der Waals surface area contributed by atoms with Gasteiger partial charge in [-0.05, 0) is 23.6 Å². The van der Waals surface area contributed by atoms with E-state index < -0.39 is 17.8 Å². The van der Waals surface area contributed by atoms with Gasteiger partial charge in [-0.1, -0.05) is 6.07 Å². The Kier molecular flexibility index (Phi) is 4.89. The highest BCUT2D eigenvalue weighted by molar-refractivity contribution is 7.13. The number of hydrogen-bond acceptors (Lipinski definition) is 5. The van der Waals surface area contributed by atoms with E-state index >= 15 is 0 Å². The normalized spacial score (nSPS) is 11.0. The molecule has 0 aromatic carbocycles. The van der Waals surface area contributed by atoms with E-state index in [9.17, 15) is 9.59 Å². The van der Waals surface area contributed by atoms with Crippen molar-refractivity contribution in [2.45, 2.75) is 12.8 Å². The summed E-state index contributed by atoms with van der Waals surface area (Å²) in [6, 6.07) is 6.68. The van der Waals surface area contributed by atoms with E-state index in [2.05, 4.69) is 0 Å². The summed E-state index contributed by atoms with van der Waals surface area (Å²) in [4.78, 5) is 24.4. The van der Waals surface area contributed by atoms with E-state index in [4.69, 9.17) is 14.6 Å². The highest BCUT2D eigenvalue weighted by Gasteiger charge is 2.18. The predicted octanol–water partition coefficient (Wildman–Crippen LogP) is 1.89. The summed E-state index contributed by atoms with van der Waals surface area (Å²) in [6.45, 7) is 0.111. The zero-order chi connectivity index (χ0) is 15.4. The van der Waals surface area contributed by atoms with Crippen LogP contribution in [-0.2, 0) is 16.0 Å². The third kappa shape index (κ3) is 3.21. The first-order valence-electron chi connectivity index (χ1n) is 6.15. The van der Waals surface area contributed by atoms with Gasteiger partial charge in [0.25, 0.3) is 5.56 Å². The third-order valence-corrected chi connectivity index (χ3v) is 3.93. The topological polar surface area (TPSA) is 77.8 Å². The Morgan fingerprint density at radius 3 is 2.57 bits per heavy atom. The molecule has 1 N–H and O–H groups in total. The summed E-state index contributed by atoms with van der Waals surface area (Å²) in [5.41, 5.74) is -0.215. The zero-order valence-electron chi connectivity index (χ0n) is 11.6. The van der Waals surface area contributed by atoms with Gasteiger partial charge in [0.2, 0.25) is 0 Å². The molecule has 0 aliphatic carbocycles. The number of carboxylic acids is 1. The molecule has 112 valence electrons. The van der Waals surface area contributed by atoms with Crippen LogP contribution in [0.15, 0.2) is 34.4 Å². The molecule has 2 rings (SSSR count). The lowest BCUT2D eigenvalue weighted by Gasteiger charge is -2.18. The van der Waals surface area contributed by atoms with E-state index in [0.29, 0.717) is 5.69 Å². The SMILES string of the molecule is COC(Cn1c(-c2cccs2)ccc(C(=O)O)c1=O)OC. The molecule has 0 atom stereocenters. The van der Waals surface area contributed by atoms with Gasteiger partial charge in [0.05, 0.1) is 17.1 Å². The van der Waals surface area contributed by atoms with Crippen molar-refractivity contribution in [3.05, 3.63) is 45.6 Å². The van der Waals surface area contributed by atoms with Crippen LogP contribution < -0.4 is 5.56 Å². The lowest BCUT2D eigenvalue weighted by atomic mass is 10.2. The zero-order valence-corrected chi connectivity index (χ0v) is 12.4. The number of aromatic nitrogens is 1. The van der Waals surface area contributed by atoms with E-state index in [-0.39, 0.29) is 12.1 Å². The van der Waals surface area contributed by atoms with Crippen LogP contribution in [-0.4, -0.2) is 36.2 Å². The Bertz CT molecular complexity index is 673. The summed E-state index contributed by atoms with van der Waals surface area (Å²) < 4.78 is 11.6. The molecular formula is C14H15NO5S. The molecule has 0 aliphatic rings. The molecule has 2 aromatic heterocycles. The molecule has 0 saturated heterocycles. The minimum Gasteiger partial charge on any atom is -0.477 e. The molecule has 0 aliphatic heterocycles. The molecule has 0 unspecified atom stereocenters. The minimum absolute atomic E-state index is 0.111. The van der Waals surface area contributed by atoms with Crippen LogP contribution in [0.25, 0.3) is 10.6 Å². The summed E-state index contributed by atoms with van der Waals surface area (Å²) in [5, 5.41) is 11.0. The van der Waals surface area contributed by atoms with Crippen molar-refractivity contribution in [1.82, 2.24) is 4.57 Å². The molecule has 2 heterocycles. The van der Waals surface area contributed by atoms with Crippen molar-refractivity contribution < 1.29 is 19.4 Å². The minimum atomic E-state index is -1.25. The van der Waals surface area contributed by atoms with E-state index in [1.54, 1.807) is 6.07 Å². The Labute approximate surface area is 125 Å². The maximum absolute atomic E-state index is 12.4. The summed E-state index contributed by atoms with van der Waals surface area (Å²) in [5.74, 6) is -1.25. The Balaban J connectivity index is 2.58. The van der Waals surface area contributed by atoms with E-state index in [1.165, 1.54) is 36.2 Å². The first kappa shape index (κ1) is 15.4. The monoisotopic (exact) mass is 309 g/mol. The van der Waals surface area contributed by atoms with Crippen molar-refractivity contribution in [2.75, 3.05) is 14.2 Å². The van der Waals surface area contributed by atoms with Crippen LogP contribution in [0.5, 0.6) is 0 Å². The lowest BCUT2D eigenvalue weighted by molar-refractivity contribution is -0.111. The van der Waals surface area contributed by atoms with Gasteiger partial charge in [-0.2, -0.15) is 0 Å². The van der Waals surface area contributed by atoms with E-state index in [1.807, 2.05) is 17.5 Å². The van der Waals surface area contributed by atoms with Gasteiger partial charge in [0.1, 0.15) is 5.56 Å². The van der Waals surface area contributed by atoms with Gasteiger partial charge in [0.15, 0.2) is 6.29 Å². The number of thiophene rings is 1. The average Bonchev–Trinajstić information content (AvgIpc) is 2.99. The second-order valence-corrected chi connectivity index (χ2v) is 5.18. The fourth-order valence-electron chi connectivity index (χ4n) is 1.96. The molecular weight excluding hydrogens is 294 g/mol. The Morgan fingerprint density at radius 1 is 1.33 bits per heavy atom. The number of carboxylic acid groups (broad SMARTS) is 1. The molecule has 6 nitrogen and oxygen atoms in total. The van der Waals surface area contributed by atoms with Crippen LogP contribution in [0.4, 0.5) is 0 Å². The Morgan fingerprint density at radius 2 is 2.05 bits per heavy atom. The number of pyridine rings is 1. The number of ether oxygens (including phenoxy) is 2. The lowest BCUT2D eigenvalue weighted by Crippen LogP contribution is -2.32. The quantitative estimate of drug-likeness (QED) is 0.825. The largest absolute Gasteiger partial charge is 0.477 e. The predicted molar refractivity (Wildman–Crippen MR) is 78.8 cm³/mol. The molecule has 0 radical (unpaired) electrons. The van der Waals surface area contributed by atoms with Gasteiger partial charge < -0.3 is 19.1 Å². The van der Waals surface area contributed by atoms with Crippen molar-refractivity contribution >= 4 is 17.3 Å². The fourth-order valence-corrected chi connectivity index (χ4v) is 2.72. The van der Waals surface area contributed by atoms with Crippen LogP contribution in [0.3, 0.4) is 0 Å². The number of methoxy groups -OCH3 is 2. The van der Waals surface area contributed by atoms with Crippen LogP contribution in [0, 0.1) is 0 Å². The molecule has 2 aromatic rings. The molecule has 21 heavy (non-hydrogen) atoms. The molecule has 7 heteroatoms.